The molecule has 0 saturated carbocycles. The SMILES string of the molecule is CCOC(=O)CCN1CCc2c(ccc(-c3noc(-c4ccc5c(c4)c(Cl)cn5C(C)C)n3)c2C)C1. The summed E-state index contributed by atoms with van der Waals surface area (Å²) in [7, 11) is 0. The molecule has 0 aliphatic carbocycles. The minimum absolute atomic E-state index is 0.137. The quantitative estimate of drug-likeness (QED) is 0.277. The van der Waals surface area contributed by atoms with Crippen LogP contribution in [0.5, 0.6) is 0 Å². The minimum atomic E-state index is -0.137. The molecule has 36 heavy (non-hydrogen) atoms. The van der Waals surface area contributed by atoms with Gasteiger partial charge < -0.3 is 13.8 Å². The zero-order chi connectivity index (χ0) is 25.4. The number of halogens is 1. The molecule has 3 heterocycles. The van der Waals surface area contributed by atoms with Gasteiger partial charge in [-0.25, -0.2) is 0 Å². The Labute approximate surface area is 216 Å². The summed E-state index contributed by atoms with van der Waals surface area (Å²) < 4.78 is 12.9. The predicted octanol–water partition coefficient (Wildman–Crippen LogP) is 6.21. The highest BCUT2D eigenvalue weighted by atomic mass is 35.5. The van der Waals surface area contributed by atoms with Crippen molar-refractivity contribution < 1.29 is 14.1 Å². The molecule has 7 nitrogen and oxygen atoms in total. The maximum atomic E-state index is 11.7. The number of rotatable bonds is 7. The topological polar surface area (TPSA) is 73.4 Å². The average Bonchev–Trinajstić information content (AvgIpc) is 3.48. The summed E-state index contributed by atoms with van der Waals surface area (Å²) in [6.45, 7) is 11.1. The van der Waals surface area contributed by atoms with Crippen LogP contribution in [0, 0.1) is 6.92 Å². The molecule has 4 aromatic rings. The lowest BCUT2D eigenvalue weighted by molar-refractivity contribution is -0.143. The molecule has 0 saturated heterocycles. The van der Waals surface area contributed by atoms with Crippen LogP contribution in [-0.2, 0) is 22.5 Å². The number of ether oxygens (including phenoxy) is 1. The Morgan fingerprint density at radius 2 is 2.08 bits per heavy atom. The van der Waals surface area contributed by atoms with Crippen molar-refractivity contribution in [1.82, 2.24) is 19.6 Å². The van der Waals surface area contributed by atoms with E-state index in [1.54, 1.807) is 0 Å². The van der Waals surface area contributed by atoms with E-state index in [0.717, 1.165) is 41.5 Å². The smallest absolute Gasteiger partial charge is 0.307 e. The zero-order valence-electron chi connectivity index (χ0n) is 21.2. The van der Waals surface area contributed by atoms with Crippen LogP contribution in [-0.4, -0.2) is 45.3 Å². The second-order valence-electron chi connectivity index (χ2n) is 9.59. The summed E-state index contributed by atoms with van der Waals surface area (Å²) in [6, 6.07) is 10.6. The van der Waals surface area contributed by atoms with E-state index in [-0.39, 0.29) is 5.97 Å². The summed E-state index contributed by atoms with van der Waals surface area (Å²) in [5.74, 6) is 0.921. The molecule has 2 aromatic heterocycles. The highest BCUT2D eigenvalue weighted by Gasteiger charge is 2.22. The third-order valence-corrected chi connectivity index (χ3v) is 7.26. The first-order chi connectivity index (χ1) is 17.4. The molecule has 8 heteroatoms. The summed E-state index contributed by atoms with van der Waals surface area (Å²) in [4.78, 5) is 18.8. The number of fused-ring (bicyclic) bond motifs is 2. The van der Waals surface area contributed by atoms with Crippen LogP contribution in [0.25, 0.3) is 33.7 Å². The molecule has 0 amide bonds. The van der Waals surface area contributed by atoms with Gasteiger partial charge in [-0.2, -0.15) is 4.98 Å². The normalized spacial score (nSPS) is 13.9. The van der Waals surface area contributed by atoms with Gasteiger partial charge >= 0.3 is 5.97 Å². The summed E-state index contributed by atoms with van der Waals surface area (Å²) >= 11 is 6.52. The van der Waals surface area contributed by atoms with Gasteiger partial charge in [0.25, 0.3) is 5.89 Å². The van der Waals surface area contributed by atoms with Crippen LogP contribution >= 0.6 is 11.6 Å². The average molecular weight is 507 g/mol. The number of carbonyl (C=O) groups excluding carboxylic acids is 1. The van der Waals surface area contributed by atoms with E-state index < -0.39 is 0 Å². The van der Waals surface area contributed by atoms with E-state index in [0.29, 0.717) is 42.4 Å². The summed E-state index contributed by atoms with van der Waals surface area (Å²) in [5.41, 5.74) is 6.70. The Balaban J connectivity index is 1.36. The lowest BCUT2D eigenvalue weighted by Crippen LogP contribution is -2.33. The fourth-order valence-electron chi connectivity index (χ4n) is 5.04. The Morgan fingerprint density at radius 3 is 2.86 bits per heavy atom. The fraction of sp³-hybridized carbons (Fsp3) is 0.393. The number of carbonyl (C=O) groups is 1. The Bertz CT molecular complexity index is 1420. The van der Waals surface area contributed by atoms with Gasteiger partial charge in [0.05, 0.1) is 18.1 Å². The molecule has 0 radical (unpaired) electrons. The Morgan fingerprint density at radius 1 is 1.25 bits per heavy atom. The van der Waals surface area contributed by atoms with Gasteiger partial charge in [0.15, 0.2) is 0 Å². The van der Waals surface area contributed by atoms with Crippen LogP contribution < -0.4 is 0 Å². The van der Waals surface area contributed by atoms with Gasteiger partial charge in [0.1, 0.15) is 0 Å². The zero-order valence-corrected chi connectivity index (χ0v) is 21.9. The van der Waals surface area contributed by atoms with E-state index in [2.05, 4.69) is 53.6 Å². The Kier molecular flexibility index (Phi) is 6.86. The second-order valence-corrected chi connectivity index (χ2v) is 10.00. The van der Waals surface area contributed by atoms with Gasteiger partial charge in [0, 0.05) is 53.9 Å². The molecule has 2 aromatic carbocycles. The van der Waals surface area contributed by atoms with Crippen molar-refractivity contribution in [3.63, 3.8) is 0 Å². The van der Waals surface area contributed by atoms with Gasteiger partial charge in [-0.15, -0.1) is 0 Å². The van der Waals surface area contributed by atoms with Crippen molar-refractivity contribution in [2.24, 2.45) is 0 Å². The molecule has 0 atom stereocenters. The molecule has 0 fully saturated rings. The molecule has 188 valence electrons. The second kappa shape index (κ2) is 10.1. The lowest BCUT2D eigenvalue weighted by Gasteiger charge is -2.30. The molecule has 0 bridgehead atoms. The van der Waals surface area contributed by atoms with Crippen LogP contribution in [0.1, 0.15) is 49.9 Å². The first-order valence-electron chi connectivity index (χ1n) is 12.5. The van der Waals surface area contributed by atoms with Crippen molar-refractivity contribution in [3.05, 3.63) is 58.2 Å². The lowest BCUT2D eigenvalue weighted by atomic mass is 9.91. The number of benzene rings is 2. The number of hydrogen-bond donors (Lipinski definition) is 0. The van der Waals surface area contributed by atoms with E-state index in [4.69, 9.17) is 25.8 Å². The van der Waals surface area contributed by atoms with Crippen molar-refractivity contribution in [2.75, 3.05) is 19.7 Å². The number of esters is 1. The van der Waals surface area contributed by atoms with Crippen LogP contribution in [0.4, 0.5) is 0 Å². The molecule has 0 spiro atoms. The predicted molar refractivity (Wildman–Crippen MR) is 141 cm³/mol. The van der Waals surface area contributed by atoms with E-state index in [9.17, 15) is 4.79 Å². The van der Waals surface area contributed by atoms with Crippen LogP contribution in [0.15, 0.2) is 41.1 Å². The molecule has 1 aliphatic heterocycles. The Hall–Kier alpha value is -3.16. The molecule has 0 N–H and O–H groups in total. The maximum absolute atomic E-state index is 11.7. The third-order valence-electron chi connectivity index (χ3n) is 6.96. The summed E-state index contributed by atoms with van der Waals surface area (Å²) in [6.07, 6.45) is 3.31. The third kappa shape index (κ3) is 4.65. The van der Waals surface area contributed by atoms with Crippen molar-refractivity contribution in [1.29, 1.82) is 0 Å². The molecule has 1 aliphatic rings. The van der Waals surface area contributed by atoms with Gasteiger partial charge in [-0.05, 0) is 69.0 Å². The maximum Gasteiger partial charge on any atom is 0.307 e. The highest BCUT2D eigenvalue weighted by molar-refractivity contribution is 6.35. The van der Waals surface area contributed by atoms with Crippen molar-refractivity contribution in [3.8, 4) is 22.8 Å². The largest absolute Gasteiger partial charge is 0.466 e. The number of nitrogens with zero attached hydrogens (tertiary/aromatic N) is 4. The van der Waals surface area contributed by atoms with Crippen LogP contribution in [0.3, 0.4) is 0 Å². The molecule has 5 rings (SSSR count). The minimum Gasteiger partial charge on any atom is -0.466 e. The monoisotopic (exact) mass is 506 g/mol. The first-order valence-corrected chi connectivity index (χ1v) is 12.9. The van der Waals surface area contributed by atoms with E-state index in [1.807, 2.05) is 25.3 Å². The van der Waals surface area contributed by atoms with E-state index >= 15 is 0 Å². The number of aromatic nitrogens is 3. The summed E-state index contributed by atoms with van der Waals surface area (Å²) in [5, 5.41) is 5.99. The van der Waals surface area contributed by atoms with Gasteiger partial charge in [-0.3, -0.25) is 9.69 Å². The van der Waals surface area contributed by atoms with Gasteiger partial charge in [0.2, 0.25) is 5.82 Å². The fourth-order valence-corrected chi connectivity index (χ4v) is 5.30. The van der Waals surface area contributed by atoms with Crippen LogP contribution in [0.2, 0.25) is 5.02 Å². The van der Waals surface area contributed by atoms with Gasteiger partial charge in [-0.1, -0.05) is 28.9 Å². The standard InChI is InChI=1S/C28H31ClN4O3/c1-5-35-26(34)11-13-32-12-10-21-18(4)22(8-6-20(21)15-32)27-30-28(36-31-27)19-7-9-25-23(14-19)24(29)16-33(25)17(2)3/h6-9,14,16-17H,5,10-13,15H2,1-4H3. The number of hydrogen-bond acceptors (Lipinski definition) is 6. The molecular weight excluding hydrogens is 476 g/mol. The van der Waals surface area contributed by atoms with E-state index in [1.165, 1.54) is 16.7 Å². The van der Waals surface area contributed by atoms with Crippen molar-refractivity contribution >= 4 is 28.5 Å². The highest BCUT2D eigenvalue weighted by Crippen LogP contribution is 2.34. The molecular formula is C28H31ClN4O3. The van der Waals surface area contributed by atoms with Crippen molar-refractivity contribution in [2.45, 2.75) is 53.1 Å². The molecule has 0 unspecified atom stereocenters. The first kappa shape index (κ1) is 24.5.